The normalized spacial score (nSPS) is 27.8. The van der Waals surface area contributed by atoms with Gasteiger partial charge in [0.25, 0.3) is 5.91 Å². The Labute approximate surface area is 211 Å². The summed E-state index contributed by atoms with van der Waals surface area (Å²) in [5.41, 5.74) is 0.221. The van der Waals surface area contributed by atoms with E-state index in [1.165, 1.54) is 4.90 Å². The molecule has 1 N–H and O–H groups in total. The van der Waals surface area contributed by atoms with E-state index < -0.39 is 11.0 Å². The van der Waals surface area contributed by atoms with Gasteiger partial charge in [-0.3, -0.25) is 19.5 Å². The summed E-state index contributed by atoms with van der Waals surface area (Å²) in [5.74, 6) is -0.184. The van der Waals surface area contributed by atoms with Crippen LogP contribution in [0.3, 0.4) is 0 Å². The van der Waals surface area contributed by atoms with Crippen LogP contribution in [0.15, 0.2) is 54.9 Å². The molecule has 4 aliphatic rings. The van der Waals surface area contributed by atoms with Gasteiger partial charge in [-0.15, -0.1) is 0 Å². The molecule has 3 aliphatic heterocycles. The molecule has 1 aromatic heterocycles. The maximum absolute atomic E-state index is 14.0. The molecule has 4 amide bonds. The molecule has 1 aliphatic carbocycles. The fraction of sp³-hybridized carbons (Fsp3) is 0.500. The first-order chi connectivity index (χ1) is 17.5. The number of nitrogens with zero attached hydrogens (tertiary/aromatic N) is 3. The predicted molar refractivity (Wildman–Crippen MR) is 132 cm³/mol. The number of benzene rings is 1. The molecular formula is C28H32N4O4. The number of pyridine rings is 1. The fourth-order valence-electron chi connectivity index (χ4n) is 6.38. The number of hydrogen-bond acceptors (Lipinski definition) is 5. The maximum Gasteiger partial charge on any atom is 0.325 e. The van der Waals surface area contributed by atoms with E-state index in [1.807, 2.05) is 41.3 Å². The van der Waals surface area contributed by atoms with E-state index in [0.717, 1.165) is 31.2 Å². The molecule has 0 spiro atoms. The topological polar surface area (TPSA) is 91.8 Å². The van der Waals surface area contributed by atoms with Crippen molar-refractivity contribution in [2.45, 2.75) is 55.6 Å². The number of rotatable bonds is 6. The summed E-state index contributed by atoms with van der Waals surface area (Å²) in [6.45, 7) is 2.06. The first-order valence-electron chi connectivity index (χ1n) is 13.1. The summed E-state index contributed by atoms with van der Waals surface area (Å²) in [5, 5.41) is 3.08. The lowest BCUT2D eigenvalue weighted by molar-refractivity contribution is -0.138. The molecule has 4 fully saturated rings. The van der Waals surface area contributed by atoms with Crippen molar-refractivity contribution in [3.05, 3.63) is 66.0 Å². The summed E-state index contributed by atoms with van der Waals surface area (Å²) in [4.78, 5) is 48.2. The van der Waals surface area contributed by atoms with E-state index in [1.54, 1.807) is 18.5 Å². The number of aromatic nitrogens is 1. The highest BCUT2D eigenvalue weighted by Crippen LogP contribution is 2.50. The van der Waals surface area contributed by atoms with Gasteiger partial charge in [0, 0.05) is 37.7 Å². The van der Waals surface area contributed by atoms with Crippen molar-refractivity contribution in [3.8, 4) is 0 Å². The molecule has 4 heterocycles. The number of imide groups is 1. The summed E-state index contributed by atoms with van der Waals surface area (Å²) in [6.07, 6.45) is 8.04. The van der Waals surface area contributed by atoms with Gasteiger partial charge in [-0.05, 0) is 56.1 Å². The number of likely N-dealkylation sites (tertiary alicyclic amines) is 1. The van der Waals surface area contributed by atoms with E-state index in [0.29, 0.717) is 38.1 Å². The minimum atomic E-state index is -1.17. The van der Waals surface area contributed by atoms with Crippen molar-refractivity contribution >= 4 is 17.8 Å². The van der Waals surface area contributed by atoms with Crippen molar-refractivity contribution in [2.75, 3.05) is 26.2 Å². The third-order valence-corrected chi connectivity index (χ3v) is 8.54. The number of amides is 4. The number of piperidine rings is 1. The lowest BCUT2D eigenvalue weighted by atomic mass is 9.73. The molecule has 8 heteroatoms. The minimum absolute atomic E-state index is 0.114. The molecule has 1 aromatic carbocycles. The summed E-state index contributed by atoms with van der Waals surface area (Å²) >= 11 is 0. The highest BCUT2D eigenvalue weighted by atomic mass is 16.5. The van der Waals surface area contributed by atoms with Crippen LogP contribution in [0.25, 0.3) is 0 Å². The SMILES string of the molecule is O=C1NC(c2cccnc2)(C2CCN(C(=O)C3(c4ccccc4)CC3)CC2)C(=O)N1CC1CCCO1. The zero-order chi connectivity index (χ0) is 24.8. The molecule has 36 heavy (non-hydrogen) atoms. The van der Waals surface area contributed by atoms with Gasteiger partial charge in [0.15, 0.2) is 5.54 Å². The lowest BCUT2D eigenvalue weighted by Crippen LogP contribution is -2.55. The molecule has 2 aromatic rings. The predicted octanol–water partition coefficient (Wildman–Crippen LogP) is 2.98. The minimum Gasteiger partial charge on any atom is -0.376 e. The smallest absolute Gasteiger partial charge is 0.325 e. The van der Waals surface area contributed by atoms with Gasteiger partial charge in [-0.25, -0.2) is 4.79 Å². The van der Waals surface area contributed by atoms with E-state index in [-0.39, 0.29) is 36.4 Å². The molecule has 2 atom stereocenters. The standard InChI is InChI=1S/C28H32N4O4/c33-24(27(12-13-27)20-6-2-1-3-7-20)31-15-10-21(11-16-31)28(22-8-4-14-29-18-22)25(34)32(26(35)30-28)19-23-9-5-17-36-23/h1-4,6-8,14,18,21,23H,5,9-13,15-17,19H2,(H,30,35). The van der Waals surface area contributed by atoms with Crippen LogP contribution in [0.4, 0.5) is 4.79 Å². The number of carbonyl (C=O) groups excluding carboxylic acids is 3. The maximum atomic E-state index is 14.0. The number of nitrogens with one attached hydrogen (secondary N) is 1. The summed E-state index contributed by atoms with van der Waals surface area (Å²) in [7, 11) is 0. The number of carbonyl (C=O) groups is 3. The third-order valence-electron chi connectivity index (χ3n) is 8.54. The van der Waals surface area contributed by atoms with Crippen molar-refractivity contribution in [3.63, 3.8) is 0 Å². The number of hydrogen-bond donors (Lipinski definition) is 1. The molecule has 3 saturated heterocycles. The van der Waals surface area contributed by atoms with Gasteiger partial charge < -0.3 is 15.0 Å². The van der Waals surface area contributed by atoms with Crippen LogP contribution in [0.2, 0.25) is 0 Å². The lowest BCUT2D eigenvalue weighted by Gasteiger charge is -2.41. The van der Waals surface area contributed by atoms with Crippen molar-refractivity contribution in [1.29, 1.82) is 0 Å². The van der Waals surface area contributed by atoms with Gasteiger partial charge >= 0.3 is 6.03 Å². The Morgan fingerprint density at radius 2 is 1.78 bits per heavy atom. The second kappa shape index (κ2) is 9.00. The van der Waals surface area contributed by atoms with Crippen molar-refractivity contribution in [2.24, 2.45) is 5.92 Å². The molecule has 8 nitrogen and oxygen atoms in total. The average Bonchev–Trinajstić information content (AvgIpc) is 3.50. The van der Waals surface area contributed by atoms with Crippen LogP contribution >= 0.6 is 0 Å². The third kappa shape index (κ3) is 3.70. The first-order valence-corrected chi connectivity index (χ1v) is 13.1. The van der Waals surface area contributed by atoms with E-state index in [2.05, 4.69) is 10.3 Å². The summed E-state index contributed by atoms with van der Waals surface area (Å²) in [6, 6.07) is 13.3. The zero-order valence-electron chi connectivity index (χ0n) is 20.4. The van der Waals surface area contributed by atoms with Crippen LogP contribution in [0.1, 0.15) is 49.7 Å². The van der Waals surface area contributed by atoms with E-state index in [9.17, 15) is 14.4 Å². The Balaban J connectivity index is 1.23. The van der Waals surface area contributed by atoms with Gasteiger partial charge in [0.2, 0.25) is 5.91 Å². The highest BCUT2D eigenvalue weighted by Gasteiger charge is 2.59. The van der Waals surface area contributed by atoms with Gasteiger partial charge in [-0.2, -0.15) is 0 Å². The Morgan fingerprint density at radius 1 is 1.03 bits per heavy atom. The molecule has 6 rings (SSSR count). The van der Waals surface area contributed by atoms with Crippen LogP contribution in [0.5, 0.6) is 0 Å². The monoisotopic (exact) mass is 488 g/mol. The molecule has 1 saturated carbocycles. The molecular weight excluding hydrogens is 456 g/mol. The molecule has 0 radical (unpaired) electrons. The van der Waals surface area contributed by atoms with Crippen molar-refractivity contribution < 1.29 is 19.1 Å². The first kappa shape index (κ1) is 23.2. The van der Waals surface area contributed by atoms with E-state index >= 15 is 0 Å². The summed E-state index contributed by atoms with van der Waals surface area (Å²) < 4.78 is 5.72. The second-order valence-electron chi connectivity index (χ2n) is 10.5. The van der Waals surface area contributed by atoms with Crippen LogP contribution in [-0.4, -0.2) is 65.0 Å². The number of ether oxygens (including phenoxy) is 1. The number of urea groups is 1. The Hall–Kier alpha value is -3.26. The van der Waals surface area contributed by atoms with Crippen LogP contribution in [-0.2, 0) is 25.3 Å². The Kier molecular flexibility index (Phi) is 5.79. The average molecular weight is 489 g/mol. The highest BCUT2D eigenvalue weighted by molar-refractivity contribution is 6.07. The van der Waals surface area contributed by atoms with Crippen LogP contribution < -0.4 is 5.32 Å². The zero-order valence-corrected chi connectivity index (χ0v) is 20.4. The fourth-order valence-corrected chi connectivity index (χ4v) is 6.38. The largest absolute Gasteiger partial charge is 0.376 e. The van der Waals surface area contributed by atoms with Crippen LogP contribution in [0, 0.1) is 5.92 Å². The molecule has 0 bridgehead atoms. The van der Waals surface area contributed by atoms with Gasteiger partial charge in [0.05, 0.1) is 18.1 Å². The quantitative estimate of drug-likeness (QED) is 0.632. The van der Waals surface area contributed by atoms with Gasteiger partial charge in [0.1, 0.15) is 0 Å². The Bertz CT molecular complexity index is 1140. The van der Waals surface area contributed by atoms with E-state index in [4.69, 9.17) is 4.74 Å². The molecule has 2 unspecified atom stereocenters. The molecule has 188 valence electrons. The van der Waals surface area contributed by atoms with Crippen molar-refractivity contribution in [1.82, 2.24) is 20.1 Å². The van der Waals surface area contributed by atoms with Gasteiger partial charge in [-0.1, -0.05) is 36.4 Å². The Morgan fingerprint density at radius 3 is 2.42 bits per heavy atom. The second-order valence-corrected chi connectivity index (χ2v) is 10.5.